The molecule has 0 amide bonds. The number of alkyl halides is 6. The fourth-order valence-electron chi connectivity index (χ4n) is 4.57. The van der Waals surface area contributed by atoms with E-state index in [4.69, 9.17) is 4.74 Å². The van der Waals surface area contributed by atoms with Gasteiger partial charge in [0.25, 0.3) is 0 Å². The van der Waals surface area contributed by atoms with Crippen LogP contribution < -0.4 is 5.69 Å². The van der Waals surface area contributed by atoms with Crippen LogP contribution in [0.25, 0.3) is 0 Å². The molecule has 3 aromatic carbocycles. The first-order chi connectivity index (χ1) is 18.9. The molecule has 4 rings (SSSR count). The number of likely N-dealkylation sites (N-methyl/N-ethyl adjacent to an activating group) is 1. The minimum Gasteiger partial charge on any atom is -0.375 e. The van der Waals surface area contributed by atoms with Crippen molar-refractivity contribution in [3.05, 3.63) is 123 Å². The van der Waals surface area contributed by atoms with E-state index in [9.17, 15) is 31.1 Å². The van der Waals surface area contributed by atoms with E-state index in [1.54, 1.807) is 7.05 Å². The minimum atomic E-state index is -4.95. The smallest absolute Gasteiger partial charge is 0.375 e. The first kappa shape index (κ1) is 29.1. The number of aromatic nitrogens is 3. The molecule has 0 aliphatic rings. The van der Waals surface area contributed by atoms with Crippen molar-refractivity contribution in [1.29, 1.82) is 0 Å². The Labute approximate surface area is 225 Å². The van der Waals surface area contributed by atoms with Crippen molar-refractivity contribution < 1.29 is 31.1 Å². The maximum absolute atomic E-state index is 13.3. The molecule has 0 aliphatic carbocycles. The number of aromatic amines is 2. The van der Waals surface area contributed by atoms with Crippen LogP contribution in [0.1, 0.15) is 39.6 Å². The quantitative estimate of drug-likeness (QED) is 0.232. The highest BCUT2D eigenvalue weighted by molar-refractivity contribution is 5.35. The van der Waals surface area contributed by atoms with Crippen molar-refractivity contribution in [3.8, 4) is 0 Å². The minimum absolute atomic E-state index is 0.0583. The topological polar surface area (TPSA) is 74.0 Å². The molecule has 212 valence electrons. The molecule has 0 unspecified atom stereocenters. The highest BCUT2D eigenvalue weighted by Crippen LogP contribution is 2.37. The summed E-state index contributed by atoms with van der Waals surface area (Å²) in [5.41, 5.74) is -1.70. The van der Waals surface area contributed by atoms with Gasteiger partial charge in [0.1, 0.15) is 5.82 Å². The van der Waals surface area contributed by atoms with Gasteiger partial charge in [0, 0.05) is 12.0 Å². The van der Waals surface area contributed by atoms with E-state index >= 15 is 0 Å². The highest BCUT2D eigenvalue weighted by atomic mass is 19.4. The number of rotatable bonds is 10. The zero-order valence-corrected chi connectivity index (χ0v) is 21.3. The Morgan fingerprint density at radius 1 is 0.850 bits per heavy atom. The lowest BCUT2D eigenvalue weighted by molar-refractivity contribution is -0.143. The van der Waals surface area contributed by atoms with Crippen LogP contribution in [-0.2, 0) is 30.2 Å². The molecule has 40 heavy (non-hydrogen) atoms. The summed E-state index contributed by atoms with van der Waals surface area (Å²) in [5, 5.41) is 6.25. The highest BCUT2D eigenvalue weighted by Gasteiger charge is 2.37. The number of halogens is 6. The summed E-state index contributed by atoms with van der Waals surface area (Å²) >= 11 is 0. The lowest BCUT2D eigenvalue weighted by Crippen LogP contribution is -2.41. The Morgan fingerprint density at radius 2 is 1.38 bits per heavy atom. The van der Waals surface area contributed by atoms with E-state index in [0.717, 1.165) is 11.1 Å². The lowest BCUT2D eigenvalue weighted by atomic mass is 9.84. The molecule has 0 bridgehead atoms. The second-order valence-corrected chi connectivity index (χ2v) is 9.34. The Balaban J connectivity index is 1.66. The number of hydrogen-bond donors (Lipinski definition) is 2. The van der Waals surface area contributed by atoms with Crippen LogP contribution in [0.5, 0.6) is 0 Å². The molecule has 6 nitrogen and oxygen atoms in total. The average Bonchev–Trinajstić information content (AvgIpc) is 3.32. The largest absolute Gasteiger partial charge is 0.416 e. The van der Waals surface area contributed by atoms with E-state index in [-0.39, 0.29) is 30.7 Å². The van der Waals surface area contributed by atoms with Gasteiger partial charge in [0.2, 0.25) is 0 Å². The molecule has 4 aromatic rings. The molecule has 0 saturated heterocycles. The normalized spacial score (nSPS) is 13.2. The van der Waals surface area contributed by atoms with Crippen LogP contribution in [0.15, 0.2) is 83.7 Å². The number of nitrogens with zero attached hydrogens (tertiary/aromatic N) is 2. The number of nitrogens with one attached hydrogen (secondary N) is 2. The molecule has 2 N–H and O–H groups in total. The van der Waals surface area contributed by atoms with Crippen molar-refractivity contribution in [3.63, 3.8) is 0 Å². The molecule has 0 saturated carbocycles. The average molecular weight is 565 g/mol. The summed E-state index contributed by atoms with van der Waals surface area (Å²) in [7, 11) is 1.77. The molecule has 12 heteroatoms. The molecule has 0 aliphatic heterocycles. The monoisotopic (exact) mass is 564 g/mol. The maximum Gasteiger partial charge on any atom is 0.416 e. The third kappa shape index (κ3) is 7.39. The van der Waals surface area contributed by atoms with Crippen molar-refractivity contribution in [2.24, 2.45) is 0 Å². The molecule has 0 spiro atoms. The van der Waals surface area contributed by atoms with Gasteiger partial charge >= 0.3 is 18.0 Å². The third-order valence-electron chi connectivity index (χ3n) is 6.42. The molecule has 1 heterocycles. The number of ether oxygens (including phenoxy) is 1. The summed E-state index contributed by atoms with van der Waals surface area (Å²) in [6.45, 7) is -0.352. The van der Waals surface area contributed by atoms with E-state index in [2.05, 4.69) is 15.2 Å². The molecular weight excluding hydrogens is 538 g/mol. The van der Waals surface area contributed by atoms with Gasteiger partial charge in [0.15, 0.2) is 0 Å². The first-order valence-electron chi connectivity index (χ1n) is 12.2. The number of benzene rings is 3. The van der Waals surface area contributed by atoms with Crippen molar-refractivity contribution in [2.75, 3.05) is 13.7 Å². The van der Waals surface area contributed by atoms with Gasteiger partial charge in [-0.05, 0) is 41.9 Å². The Morgan fingerprint density at radius 3 is 1.82 bits per heavy atom. The number of hydrogen-bond acceptors (Lipinski definition) is 4. The van der Waals surface area contributed by atoms with Crippen LogP contribution >= 0.6 is 0 Å². The summed E-state index contributed by atoms with van der Waals surface area (Å²) in [6.07, 6.45) is -9.91. The number of H-pyrrole nitrogens is 2. The molecule has 0 fully saturated rings. The molecular formula is C28H26F6N4O2. The second-order valence-electron chi connectivity index (χ2n) is 9.34. The van der Waals surface area contributed by atoms with E-state index < -0.39 is 41.8 Å². The summed E-state index contributed by atoms with van der Waals surface area (Å²) in [6, 6.07) is 19.9. The summed E-state index contributed by atoms with van der Waals surface area (Å²) < 4.78 is 85.8. The predicted molar refractivity (Wildman–Crippen MR) is 135 cm³/mol. The Bertz CT molecular complexity index is 1360. The fraction of sp³-hybridized carbons (Fsp3) is 0.286. The maximum atomic E-state index is 13.3. The zero-order valence-electron chi connectivity index (χ0n) is 21.3. The van der Waals surface area contributed by atoms with Crippen LogP contribution in [0.2, 0.25) is 0 Å². The van der Waals surface area contributed by atoms with Gasteiger partial charge < -0.3 is 4.74 Å². The second kappa shape index (κ2) is 12.1. The van der Waals surface area contributed by atoms with Gasteiger partial charge in [0.05, 0.1) is 30.9 Å². The van der Waals surface area contributed by atoms with E-state index in [0.29, 0.717) is 18.0 Å². The van der Waals surface area contributed by atoms with Crippen LogP contribution in [-0.4, -0.2) is 39.8 Å². The van der Waals surface area contributed by atoms with Crippen molar-refractivity contribution in [2.45, 2.75) is 37.5 Å². The lowest BCUT2D eigenvalue weighted by Gasteiger charge is -2.35. The Kier molecular flexibility index (Phi) is 8.79. The summed E-state index contributed by atoms with van der Waals surface area (Å²) in [4.78, 5) is 16.0. The van der Waals surface area contributed by atoms with Crippen LogP contribution in [0, 0.1) is 0 Å². The fourth-order valence-corrected chi connectivity index (χ4v) is 4.57. The Hall–Kier alpha value is -3.90. The van der Waals surface area contributed by atoms with Gasteiger partial charge in [-0.15, -0.1) is 0 Å². The van der Waals surface area contributed by atoms with Crippen LogP contribution in [0.4, 0.5) is 26.3 Å². The van der Waals surface area contributed by atoms with Crippen LogP contribution in [0.3, 0.4) is 0 Å². The zero-order chi connectivity index (χ0) is 28.9. The van der Waals surface area contributed by atoms with E-state index in [1.165, 1.54) is 0 Å². The summed E-state index contributed by atoms with van der Waals surface area (Å²) in [5.74, 6) is 0.0513. The predicted octanol–water partition coefficient (Wildman–Crippen LogP) is 5.98. The SMILES string of the molecule is CN(Cc1n[nH]c(=O)[nH]1)[C@H](COCc1cc(C(F)(F)F)cc(C(F)(F)F)c1)C(c1ccccc1)c1ccccc1. The van der Waals surface area contributed by atoms with Gasteiger partial charge in [-0.3, -0.25) is 9.88 Å². The van der Waals surface area contributed by atoms with E-state index in [1.807, 2.05) is 65.6 Å². The van der Waals surface area contributed by atoms with Gasteiger partial charge in [-0.1, -0.05) is 60.7 Å². The third-order valence-corrected chi connectivity index (χ3v) is 6.42. The first-order valence-corrected chi connectivity index (χ1v) is 12.2. The molecule has 1 atom stereocenters. The standard InChI is InChI=1S/C28H26F6N4O2/c1-38(15-24-35-26(39)37-36-24)23(25(19-8-4-2-5-9-19)20-10-6-3-7-11-20)17-40-16-18-12-21(27(29,30)31)14-22(13-18)28(32,33)34/h2-14,23,25H,15-17H2,1H3,(H2,35,36,37,39)/t23-/m1/s1. The molecule has 1 aromatic heterocycles. The van der Waals surface area contributed by atoms with Gasteiger partial charge in [-0.25, -0.2) is 9.89 Å². The van der Waals surface area contributed by atoms with Gasteiger partial charge in [-0.2, -0.15) is 31.4 Å². The molecule has 0 radical (unpaired) electrons. The van der Waals surface area contributed by atoms with Crippen molar-refractivity contribution >= 4 is 0 Å². The van der Waals surface area contributed by atoms with Crippen molar-refractivity contribution in [1.82, 2.24) is 20.1 Å².